The Kier molecular flexibility index (Phi) is 5.24. The first-order valence-corrected chi connectivity index (χ1v) is 7.97. The van der Waals surface area contributed by atoms with E-state index in [1.807, 2.05) is 24.3 Å². The van der Waals surface area contributed by atoms with E-state index in [1.165, 1.54) is 11.9 Å². The number of aliphatic hydroxyl groups is 1. The fourth-order valence-corrected chi connectivity index (χ4v) is 2.64. The molecule has 1 aromatic heterocycles. The van der Waals surface area contributed by atoms with Gasteiger partial charge in [0.1, 0.15) is 12.7 Å². The van der Waals surface area contributed by atoms with Crippen molar-refractivity contribution < 1.29 is 5.11 Å². The molecule has 1 aromatic carbocycles. The van der Waals surface area contributed by atoms with Crippen molar-refractivity contribution in [2.45, 2.75) is 52.2 Å². The molecular weight excluding hydrogens is 298 g/mol. The molecule has 1 N–H and O–H groups in total. The zero-order valence-corrected chi connectivity index (χ0v) is 14.2. The van der Waals surface area contributed by atoms with Gasteiger partial charge in [-0.25, -0.2) is 4.98 Å². The molecule has 120 valence electrons. The van der Waals surface area contributed by atoms with Crippen molar-refractivity contribution in [2.24, 2.45) is 5.41 Å². The van der Waals surface area contributed by atoms with Crippen LogP contribution in [0.3, 0.4) is 0 Å². The molecule has 1 unspecified atom stereocenters. The summed E-state index contributed by atoms with van der Waals surface area (Å²) in [6.45, 7) is 6.64. The van der Waals surface area contributed by atoms with E-state index in [0.29, 0.717) is 13.0 Å². The van der Waals surface area contributed by atoms with Crippen LogP contribution in [-0.2, 0) is 13.0 Å². The van der Waals surface area contributed by atoms with E-state index in [0.717, 1.165) is 17.9 Å². The SMILES string of the molecule is CC(C)(C)C(O)(CCCc1ccc(Cl)cc1)Cn1cncn1. The molecule has 0 bridgehead atoms. The van der Waals surface area contributed by atoms with Crippen LogP contribution in [-0.4, -0.2) is 25.5 Å². The molecular formula is C17H24ClN3O. The van der Waals surface area contributed by atoms with Gasteiger partial charge in [-0.2, -0.15) is 5.10 Å². The quantitative estimate of drug-likeness (QED) is 0.882. The van der Waals surface area contributed by atoms with E-state index in [2.05, 4.69) is 30.9 Å². The molecule has 2 rings (SSSR count). The van der Waals surface area contributed by atoms with Crippen molar-refractivity contribution in [1.82, 2.24) is 14.8 Å². The smallest absolute Gasteiger partial charge is 0.137 e. The second-order valence-corrected chi connectivity index (χ2v) is 7.29. The van der Waals surface area contributed by atoms with Gasteiger partial charge in [0.2, 0.25) is 0 Å². The molecule has 0 aliphatic heterocycles. The van der Waals surface area contributed by atoms with Crippen molar-refractivity contribution in [2.75, 3.05) is 0 Å². The standard InChI is InChI=1S/C17H24ClN3O/c1-16(2,3)17(22,11-21-13-19-12-20-21)10-4-5-14-6-8-15(18)9-7-14/h6-9,12-13,22H,4-5,10-11H2,1-3H3. The third-order valence-electron chi connectivity index (χ3n) is 4.26. The van der Waals surface area contributed by atoms with Crippen LogP contribution in [0.1, 0.15) is 39.2 Å². The van der Waals surface area contributed by atoms with Gasteiger partial charge < -0.3 is 5.11 Å². The van der Waals surface area contributed by atoms with Crippen LogP contribution in [0, 0.1) is 5.41 Å². The summed E-state index contributed by atoms with van der Waals surface area (Å²) < 4.78 is 1.70. The summed E-state index contributed by atoms with van der Waals surface area (Å²) >= 11 is 5.90. The number of aromatic nitrogens is 3. The first kappa shape index (κ1) is 17.0. The zero-order chi connectivity index (χ0) is 16.2. The summed E-state index contributed by atoms with van der Waals surface area (Å²) in [6, 6.07) is 7.89. The highest BCUT2D eigenvalue weighted by molar-refractivity contribution is 6.30. The molecule has 4 nitrogen and oxygen atoms in total. The van der Waals surface area contributed by atoms with E-state index in [1.54, 1.807) is 11.0 Å². The molecule has 0 amide bonds. The number of hydrogen-bond acceptors (Lipinski definition) is 3. The summed E-state index contributed by atoms with van der Waals surface area (Å²) in [5.41, 5.74) is 0.174. The van der Waals surface area contributed by atoms with Crippen LogP contribution in [0.2, 0.25) is 5.02 Å². The highest BCUT2D eigenvalue weighted by Crippen LogP contribution is 2.36. The number of rotatable bonds is 6. The number of hydrogen-bond donors (Lipinski definition) is 1. The molecule has 22 heavy (non-hydrogen) atoms. The topological polar surface area (TPSA) is 50.9 Å². The van der Waals surface area contributed by atoms with Crippen LogP contribution in [0.5, 0.6) is 0 Å². The van der Waals surface area contributed by atoms with Gasteiger partial charge in [0.05, 0.1) is 12.1 Å². The van der Waals surface area contributed by atoms with Crippen LogP contribution < -0.4 is 0 Å². The molecule has 0 aliphatic rings. The van der Waals surface area contributed by atoms with Crippen molar-refractivity contribution in [3.05, 3.63) is 47.5 Å². The summed E-state index contributed by atoms with van der Waals surface area (Å²) in [4.78, 5) is 3.95. The highest BCUT2D eigenvalue weighted by atomic mass is 35.5. The summed E-state index contributed by atoms with van der Waals surface area (Å²) in [5, 5.41) is 16.0. The lowest BCUT2D eigenvalue weighted by atomic mass is 9.73. The van der Waals surface area contributed by atoms with Gasteiger partial charge in [-0.1, -0.05) is 44.5 Å². The largest absolute Gasteiger partial charge is 0.387 e. The van der Waals surface area contributed by atoms with E-state index in [9.17, 15) is 5.11 Å². The second-order valence-electron chi connectivity index (χ2n) is 6.85. The van der Waals surface area contributed by atoms with Crippen LogP contribution in [0.4, 0.5) is 0 Å². The lowest BCUT2D eigenvalue weighted by molar-refractivity contribution is -0.0810. The molecule has 0 aliphatic carbocycles. The molecule has 2 aromatic rings. The average molecular weight is 322 g/mol. The number of aryl methyl sites for hydroxylation is 1. The van der Waals surface area contributed by atoms with Gasteiger partial charge in [0, 0.05) is 5.02 Å². The minimum Gasteiger partial charge on any atom is -0.387 e. The Morgan fingerprint density at radius 2 is 1.86 bits per heavy atom. The number of benzene rings is 1. The molecule has 0 saturated carbocycles. The van der Waals surface area contributed by atoms with Gasteiger partial charge >= 0.3 is 0 Å². The monoisotopic (exact) mass is 321 g/mol. The maximum Gasteiger partial charge on any atom is 0.137 e. The van der Waals surface area contributed by atoms with Crippen LogP contribution in [0.15, 0.2) is 36.9 Å². The van der Waals surface area contributed by atoms with E-state index < -0.39 is 5.60 Å². The molecule has 1 atom stereocenters. The van der Waals surface area contributed by atoms with Crippen molar-refractivity contribution in [1.29, 1.82) is 0 Å². The van der Waals surface area contributed by atoms with Gasteiger partial charge in [-0.05, 0) is 42.4 Å². The van der Waals surface area contributed by atoms with Gasteiger partial charge in [-0.3, -0.25) is 4.68 Å². The Balaban J connectivity index is 1.99. The Hall–Kier alpha value is -1.39. The normalized spacial score (nSPS) is 14.8. The van der Waals surface area contributed by atoms with Crippen LogP contribution in [0.25, 0.3) is 0 Å². The summed E-state index contributed by atoms with van der Waals surface area (Å²) in [6.07, 6.45) is 5.68. The average Bonchev–Trinajstić information content (AvgIpc) is 2.92. The maximum atomic E-state index is 11.1. The predicted molar refractivity (Wildman–Crippen MR) is 88.8 cm³/mol. The lowest BCUT2D eigenvalue weighted by Gasteiger charge is -2.40. The molecule has 5 heteroatoms. The van der Waals surface area contributed by atoms with E-state index in [4.69, 9.17) is 11.6 Å². The molecule has 0 fully saturated rings. The highest BCUT2D eigenvalue weighted by Gasteiger charge is 2.40. The molecule has 0 saturated heterocycles. The van der Waals surface area contributed by atoms with Gasteiger partial charge in [0.25, 0.3) is 0 Å². The number of halogens is 1. The van der Waals surface area contributed by atoms with E-state index >= 15 is 0 Å². The lowest BCUT2D eigenvalue weighted by Crippen LogP contribution is -2.46. The predicted octanol–water partition coefficient (Wildman–Crippen LogP) is 3.73. The number of nitrogens with zero attached hydrogens (tertiary/aromatic N) is 3. The van der Waals surface area contributed by atoms with Gasteiger partial charge in [-0.15, -0.1) is 0 Å². The van der Waals surface area contributed by atoms with Crippen molar-refractivity contribution >= 4 is 11.6 Å². The van der Waals surface area contributed by atoms with E-state index in [-0.39, 0.29) is 5.41 Å². The third-order valence-corrected chi connectivity index (χ3v) is 4.51. The first-order valence-electron chi connectivity index (χ1n) is 7.59. The Morgan fingerprint density at radius 1 is 1.18 bits per heavy atom. The molecule has 1 heterocycles. The second kappa shape index (κ2) is 6.80. The third kappa shape index (κ3) is 4.31. The first-order chi connectivity index (χ1) is 10.3. The summed E-state index contributed by atoms with van der Waals surface area (Å²) in [7, 11) is 0. The minimum absolute atomic E-state index is 0.237. The fourth-order valence-electron chi connectivity index (χ4n) is 2.51. The molecule has 0 spiro atoms. The Labute approximate surface area is 137 Å². The fraction of sp³-hybridized carbons (Fsp3) is 0.529. The zero-order valence-electron chi connectivity index (χ0n) is 13.5. The van der Waals surface area contributed by atoms with Crippen molar-refractivity contribution in [3.63, 3.8) is 0 Å². The maximum absolute atomic E-state index is 11.1. The minimum atomic E-state index is -0.826. The molecule has 0 radical (unpaired) electrons. The Morgan fingerprint density at radius 3 is 2.41 bits per heavy atom. The Bertz CT molecular complexity index is 575. The summed E-state index contributed by atoms with van der Waals surface area (Å²) in [5.74, 6) is 0. The van der Waals surface area contributed by atoms with Crippen molar-refractivity contribution in [3.8, 4) is 0 Å². The van der Waals surface area contributed by atoms with Gasteiger partial charge in [0.15, 0.2) is 0 Å². The van der Waals surface area contributed by atoms with Crippen LogP contribution >= 0.6 is 11.6 Å².